The Bertz CT molecular complexity index is 439. The van der Waals surface area contributed by atoms with E-state index in [9.17, 15) is 0 Å². The van der Waals surface area contributed by atoms with Gasteiger partial charge < -0.3 is 10.6 Å². The third-order valence-corrected chi connectivity index (χ3v) is 4.53. The van der Waals surface area contributed by atoms with E-state index in [0.717, 1.165) is 53.6 Å². The molecule has 0 unspecified atom stereocenters. The number of nitrogens with zero attached hydrogens (tertiary/aromatic N) is 3. The van der Waals surface area contributed by atoms with Crippen molar-refractivity contribution in [2.24, 2.45) is 5.92 Å². The van der Waals surface area contributed by atoms with E-state index in [0.29, 0.717) is 0 Å². The Labute approximate surface area is 124 Å². The van der Waals surface area contributed by atoms with Crippen LogP contribution in [0.25, 0.3) is 0 Å². The zero-order chi connectivity index (χ0) is 14.0. The maximum Gasteiger partial charge on any atom is 0.143 e. The minimum Gasteiger partial charge on any atom is -0.397 e. The molecule has 2 N–H and O–H groups in total. The van der Waals surface area contributed by atoms with Crippen LogP contribution >= 0.6 is 15.9 Å². The molecule has 1 saturated heterocycles. The van der Waals surface area contributed by atoms with Gasteiger partial charge in [-0.15, -0.1) is 0 Å². The summed E-state index contributed by atoms with van der Waals surface area (Å²) in [6, 6.07) is 0. The van der Waals surface area contributed by atoms with Gasteiger partial charge in [-0.3, -0.25) is 4.90 Å². The van der Waals surface area contributed by atoms with Crippen LogP contribution in [0.4, 0.5) is 11.5 Å². The first-order valence-electron chi connectivity index (χ1n) is 6.87. The smallest absolute Gasteiger partial charge is 0.143 e. The molecular formula is C14H23BrN4. The average molecular weight is 327 g/mol. The predicted octanol–water partition coefficient (Wildman–Crippen LogP) is 2.51. The highest BCUT2D eigenvalue weighted by atomic mass is 79.9. The van der Waals surface area contributed by atoms with E-state index in [1.807, 2.05) is 6.92 Å². The van der Waals surface area contributed by atoms with Crippen LogP contribution < -0.4 is 10.6 Å². The Hall–Kier alpha value is -0.810. The molecule has 1 aliphatic heterocycles. The molecule has 0 amide bonds. The monoisotopic (exact) mass is 326 g/mol. The fourth-order valence-corrected chi connectivity index (χ4v) is 3.04. The lowest BCUT2D eigenvalue weighted by Crippen LogP contribution is -2.47. The molecule has 1 fully saturated rings. The standard InChI is InChI=1S/C14H23BrN4/c1-10(2)9-18-4-6-19(7-5-18)14-13(15)11(3)12(16)8-17-14/h8,10H,4-7,9,16H2,1-3H3. The van der Waals surface area contributed by atoms with Crippen LogP contribution in [-0.2, 0) is 0 Å². The van der Waals surface area contributed by atoms with Gasteiger partial charge in [-0.25, -0.2) is 4.98 Å². The number of anilines is 2. The molecule has 2 rings (SSSR count). The van der Waals surface area contributed by atoms with Gasteiger partial charge in [-0.05, 0) is 34.3 Å². The maximum absolute atomic E-state index is 5.88. The van der Waals surface area contributed by atoms with Crippen LogP contribution in [0.5, 0.6) is 0 Å². The van der Waals surface area contributed by atoms with Crippen molar-refractivity contribution in [3.8, 4) is 0 Å². The Morgan fingerprint density at radius 2 is 1.95 bits per heavy atom. The summed E-state index contributed by atoms with van der Waals surface area (Å²) >= 11 is 3.62. The average Bonchev–Trinajstić information content (AvgIpc) is 2.37. The van der Waals surface area contributed by atoms with Crippen LogP contribution in [0, 0.1) is 12.8 Å². The Morgan fingerprint density at radius 3 is 2.53 bits per heavy atom. The van der Waals surface area contributed by atoms with Crippen LogP contribution in [0.15, 0.2) is 10.7 Å². The lowest BCUT2D eigenvalue weighted by Gasteiger charge is -2.36. The summed E-state index contributed by atoms with van der Waals surface area (Å²) in [6.45, 7) is 12.0. The van der Waals surface area contributed by atoms with E-state index < -0.39 is 0 Å². The molecule has 106 valence electrons. The van der Waals surface area contributed by atoms with Gasteiger partial charge in [-0.2, -0.15) is 0 Å². The number of aromatic nitrogens is 1. The molecule has 19 heavy (non-hydrogen) atoms. The number of rotatable bonds is 3. The molecule has 0 aromatic carbocycles. The summed E-state index contributed by atoms with van der Waals surface area (Å²) in [5.41, 5.74) is 7.70. The van der Waals surface area contributed by atoms with Crippen molar-refractivity contribution < 1.29 is 0 Å². The summed E-state index contributed by atoms with van der Waals surface area (Å²) < 4.78 is 1.03. The fraction of sp³-hybridized carbons (Fsp3) is 0.643. The van der Waals surface area contributed by atoms with Gasteiger partial charge in [0.25, 0.3) is 0 Å². The number of nitrogen functional groups attached to an aromatic ring is 1. The van der Waals surface area contributed by atoms with Crippen LogP contribution in [-0.4, -0.2) is 42.6 Å². The second-order valence-corrected chi connectivity index (χ2v) is 6.45. The van der Waals surface area contributed by atoms with Gasteiger partial charge in [0.1, 0.15) is 5.82 Å². The van der Waals surface area contributed by atoms with Gasteiger partial charge in [0, 0.05) is 32.7 Å². The third kappa shape index (κ3) is 3.39. The molecule has 5 heteroatoms. The minimum absolute atomic E-state index is 0.732. The number of piperazine rings is 1. The van der Waals surface area contributed by atoms with Crippen LogP contribution in [0.2, 0.25) is 0 Å². The van der Waals surface area contributed by atoms with E-state index in [1.54, 1.807) is 6.20 Å². The van der Waals surface area contributed by atoms with E-state index in [-0.39, 0.29) is 0 Å². The second-order valence-electron chi connectivity index (χ2n) is 5.66. The van der Waals surface area contributed by atoms with Gasteiger partial charge >= 0.3 is 0 Å². The molecule has 1 aromatic heterocycles. The van der Waals surface area contributed by atoms with Crippen LogP contribution in [0.1, 0.15) is 19.4 Å². The summed E-state index contributed by atoms with van der Waals surface area (Å²) in [4.78, 5) is 9.35. The molecule has 2 heterocycles. The molecule has 0 aliphatic carbocycles. The SMILES string of the molecule is Cc1c(N)cnc(N2CCN(CC(C)C)CC2)c1Br. The number of pyridine rings is 1. The van der Waals surface area contributed by atoms with E-state index >= 15 is 0 Å². The Balaban J connectivity index is 2.04. The second kappa shape index (κ2) is 6.09. The first-order valence-corrected chi connectivity index (χ1v) is 7.66. The van der Waals surface area contributed by atoms with E-state index in [1.165, 1.54) is 6.54 Å². The van der Waals surface area contributed by atoms with Crippen molar-refractivity contribution in [1.29, 1.82) is 0 Å². The van der Waals surface area contributed by atoms with E-state index in [4.69, 9.17) is 5.73 Å². The van der Waals surface area contributed by atoms with Gasteiger partial charge in [0.05, 0.1) is 16.4 Å². The third-order valence-electron chi connectivity index (χ3n) is 3.58. The van der Waals surface area contributed by atoms with Gasteiger partial charge in [0.15, 0.2) is 0 Å². The number of halogens is 1. The van der Waals surface area contributed by atoms with Crippen molar-refractivity contribution in [2.75, 3.05) is 43.4 Å². The molecule has 0 saturated carbocycles. The van der Waals surface area contributed by atoms with Crippen molar-refractivity contribution in [3.63, 3.8) is 0 Å². The quantitative estimate of drug-likeness (QED) is 0.927. The van der Waals surface area contributed by atoms with Crippen molar-refractivity contribution in [2.45, 2.75) is 20.8 Å². The molecule has 1 aliphatic rings. The first-order chi connectivity index (χ1) is 8.99. The van der Waals surface area contributed by atoms with Gasteiger partial charge in [-0.1, -0.05) is 13.8 Å². The fourth-order valence-electron chi connectivity index (χ4n) is 2.46. The summed E-state index contributed by atoms with van der Waals surface area (Å²) in [5.74, 6) is 1.76. The van der Waals surface area contributed by atoms with Gasteiger partial charge in [0.2, 0.25) is 0 Å². The lowest BCUT2D eigenvalue weighted by atomic mass is 10.2. The van der Waals surface area contributed by atoms with Crippen LogP contribution in [0.3, 0.4) is 0 Å². The molecule has 0 bridgehead atoms. The lowest BCUT2D eigenvalue weighted by molar-refractivity contribution is 0.231. The highest BCUT2D eigenvalue weighted by Crippen LogP contribution is 2.30. The molecule has 4 nitrogen and oxygen atoms in total. The van der Waals surface area contributed by atoms with Crippen molar-refractivity contribution >= 4 is 27.4 Å². The Kier molecular flexibility index (Phi) is 4.68. The normalized spacial score (nSPS) is 17.2. The van der Waals surface area contributed by atoms with Crippen molar-refractivity contribution in [1.82, 2.24) is 9.88 Å². The largest absolute Gasteiger partial charge is 0.397 e. The highest BCUT2D eigenvalue weighted by Gasteiger charge is 2.21. The molecule has 0 spiro atoms. The topological polar surface area (TPSA) is 45.4 Å². The molecule has 1 aromatic rings. The maximum atomic E-state index is 5.88. The molecule has 0 radical (unpaired) electrons. The molecule has 0 atom stereocenters. The molecular weight excluding hydrogens is 304 g/mol. The number of hydrogen-bond acceptors (Lipinski definition) is 4. The minimum atomic E-state index is 0.732. The first kappa shape index (κ1) is 14.6. The zero-order valence-electron chi connectivity index (χ0n) is 12.0. The summed E-state index contributed by atoms with van der Waals surface area (Å²) in [7, 11) is 0. The summed E-state index contributed by atoms with van der Waals surface area (Å²) in [5, 5.41) is 0. The predicted molar refractivity (Wildman–Crippen MR) is 84.6 cm³/mol. The van der Waals surface area contributed by atoms with Crippen molar-refractivity contribution in [3.05, 3.63) is 16.2 Å². The number of hydrogen-bond donors (Lipinski definition) is 1. The number of nitrogens with two attached hydrogens (primary N) is 1. The Morgan fingerprint density at radius 1 is 1.32 bits per heavy atom. The zero-order valence-corrected chi connectivity index (χ0v) is 13.6. The van der Waals surface area contributed by atoms with E-state index in [2.05, 4.69) is 44.6 Å². The summed E-state index contributed by atoms with van der Waals surface area (Å²) in [6.07, 6.45) is 1.76. The highest BCUT2D eigenvalue weighted by molar-refractivity contribution is 9.10.